The van der Waals surface area contributed by atoms with Crippen LogP contribution in [0.3, 0.4) is 0 Å². The number of nitrogens with zero attached hydrogens (tertiary/aromatic N) is 1. The Morgan fingerprint density at radius 2 is 2.00 bits per heavy atom. The number of aliphatic imine (C=N–C) groups is 1. The van der Waals surface area contributed by atoms with Gasteiger partial charge in [0.05, 0.1) is 12.7 Å². The topological polar surface area (TPSA) is 69.1 Å². The molecule has 0 spiro atoms. The van der Waals surface area contributed by atoms with E-state index >= 15 is 0 Å². The summed E-state index contributed by atoms with van der Waals surface area (Å²) < 4.78 is 15.9. The number of carbonyl (C=O) groups excluding carboxylic acids is 1. The van der Waals surface area contributed by atoms with Crippen molar-refractivity contribution in [3.05, 3.63) is 59.3 Å². The molecule has 1 amide bonds. The first-order chi connectivity index (χ1) is 11.7. The molecular formula is C18H14N2O4. The van der Waals surface area contributed by atoms with Gasteiger partial charge in [-0.15, -0.1) is 0 Å². The molecule has 0 atom stereocenters. The van der Waals surface area contributed by atoms with Gasteiger partial charge in [-0.3, -0.25) is 4.79 Å². The van der Waals surface area contributed by atoms with Gasteiger partial charge in [-0.05, 0) is 35.9 Å². The Balaban J connectivity index is 1.68. The molecule has 0 saturated carbocycles. The Morgan fingerprint density at radius 1 is 1.17 bits per heavy atom. The second-order valence-electron chi connectivity index (χ2n) is 5.26. The minimum atomic E-state index is -0.256. The summed E-state index contributed by atoms with van der Waals surface area (Å²) in [6, 6.07) is 12.9. The van der Waals surface area contributed by atoms with Crippen LogP contribution in [0.5, 0.6) is 17.2 Å². The van der Waals surface area contributed by atoms with Gasteiger partial charge in [0.25, 0.3) is 5.91 Å². The Bertz CT molecular complexity index is 886. The van der Waals surface area contributed by atoms with Crippen LogP contribution in [0.25, 0.3) is 6.08 Å². The number of para-hydroxylation sites is 1. The van der Waals surface area contributed by atoms with Crippen LogP contribution < -0.4 is 19.5 Å². The summed E-state index contributed by atoms with van der Waals surface area (Å²) in [6.07, 6.45) is 1.71. The summed E-state index contributed by atoms with van der Waals surface area (Å²) >= 11 is 0. The van der Waals surface area contributed by atoms with Crippen molar-refractivity contribution in [2.45, 2.75) is 0 Å². The molecule has 0 aliphatic carbocycles. The van der Waals surface area contributed by atoms with E-state index in [0.29, 0.717) is 28.8 Å². The van der Waals surface area contributed by atoms with Crippen LogP contribution in [-0.4, -0.2) is 25.6 Å². The van der Waals surface area contributed by atoms with Gasteiger partial charge in [-0.1, -0.05) is 18.2 Å². The third-order valence-corrected chi connectivity index (χ3v) is 3.76. The Morgan fingerprint density at radius 3 is 2.88 bits per heavy atom. The second-order valence-corrected chi connectivity index (χ2v) is 5.26. The van der Waals surface area contributed by atoms with E-state index < -0.39 is 0 Å². The minimum Gasteiger partial charge on any atom is -0.496 e. The number of methoxy groups -OCH3 is 1. The molecule has 2 aromatic carbocycles. The van der Waals surface area contributed by atoms with Gasteiger partial charge in [-0.25, -0.2) is 4.99 Å². The number of fused-ring (bicyclic) bond motifs is 1. The van der Waals surface area contributed by atoms with E-state index in [2.05, 4.69) is 10.3 Å². The fraction of sp³-hybridized carbons (Fsp3) is 0.111. The molecule has 0 unspecified atom stereocenters. The molecule has 2 heterocycles. The molecule has 120 valence electrons. The minimum absolute atomic E-state index is 0.214. The van der Waals surface area contributed by atoms with E-state index in [1.165, 1.54) is 0 Å². The summed E-state index contributed by atoms with van der Waals surface area (Å²) in [5.74, 6) is 2.24. The van der Waals surface area contributed by atoms with Gasteiger partial charge in [0.1, 0.15) is 17.3 Å². The Hall–Kier alpha value is -3.28. The molecule has 1 N–H and O–H groups in total. The first-order valence-electron chi connectivity index (χ1n) is 7.39. The number of carbonyl (C=O) groups is 1. The standard InChI is InChI=1S/C18H14N2O4/c1-22-14-5-3-2-4-12(14)17-19-13(18(21)20-17)8-11-6-7-15-16(9-11)24-10-23-15/h2-9H,10H2,1H3,(H,19,20,21)/b13-8+. The van der Waals surface area contributed by atoms with Crippen molar-refractivity contribution in [1.82, 2.24) is 5.32 Å². The Labute approximate surface area is 138 Å². The van der Waals surface area contributed by atoms with Crippen molar-refractivity contribution < 1.29 is 19.0 Å². The van der Waals surface area contributed by atoms with Gasteiger partial charge in [-0.2, -0.15) is 0 Å². The van der Waals surface area contributed by atoms with E-state index in [1.54, 1.807) is 13.2 Å². The van der Waals surface area contributed by atoms with Gasteiger partial charge >= 0.3 is 0 Å². The van der Waals surface area contributed by atoms with E-state index in [1.807, 2.05) is 42.5 Å². The summed E-state index contributed by atoms with van der Waals surface area (Å²) in [5.41, 5.74) is 1.88. The number of nitrogens with one attached hydrogen (secondary N) is 1. The van der Waals surface area contributed by atoms with Gasteiger partial charge in [0, 0.05) is 0 Å². The third-order valence-electron chi connectivity index (χ3n) is 3.76. The number of hydrogen-bond acceptors (Lipinski definition) is 5. The SMILES string of the molecule is COc1ccccc1C1=N/C(=C/c2ccc3c(c2)OCO3)C(=O)N1. The van der Waals surface area contributed by atoms with E-state index in [4.69, 9.17) is 14.2 Å². The number of amides is 1. The highest BCUT2D eigenvalue weighted by molar-refractivity contribution is 6.20. The van der Waals surface area contributed by atoms with Crippen molar-refractivity contribution in [3.63, 3.8) is 0 Å². The fourth-order valence-electron chi connectivity index (χ4n) is 2.60. The summed E-state index contributed by atoms with van der Waals surface area (Å²) in [7, 11) is 1.58. The average molecular weight is 322 g/mol. The maximum Gasteiger partial charge on any atom is 0.275 e. The quantitative estimate of drug-likeness (QED) is 0.881. The fourth-order valence-corrected chi connectivity index (χ4v) is 2.60. The van der Waals surface area contributed by atoms with Crippen LogP contribution in [0, 0.1) is 0 Å². The lowest BCUT2D eigenvalue weighted by Crippen LogP contribution is -2.25. The highest BCUT2D eigenvalue weighted by Gasteiger charge is 2.23. The van der Waals surface area contributed by atoms with Crippen LogP contribution in [-0.2, 0) is 4.79 Å². The second kappa shape index (κ2) is 5.73. The average Bonchev–Trinajstić information content (AvgIpc) is 3.21. The lowest BCUT2D eigenvalue weighted by molar-refractivity contribution is -0.115. The molecule has 0 radical (unpaired) electrons. The van der Waals surface area contributed by atoms with Crippen LogP contribution in [0.4, 0.5) is 0 Å². The van der Waals surface area contributed by atoms with Crippen molar-refractivity contribution in [2.75, 3.05) is 13.9 Å². The molecule has 2 aliphatic heterocycles. The van der Waals surface area contributed by atoms with Crippen LogP contribution in [0.15, 0.2) is 53.2 Å². The molecule has 0 fully saturated rings. The van der Waals surface area contributed by atoms with Gasteiger partial charge in [0.2, 0.25) is 6.79 Å². The summed E-state index contributed by atoms with van der Waals surface area (Å²) in [4.78, 5) is 16.6. The number of hydrogen-bond donors (Lipinski definition) is 1. The molecule has 2 aliphatic rings. The monoisotopic (exact) mass is 322 g/mol. The molecule has 4 rings (SSSR count). The zero-order valence-electron chi connectivity index (χ0n) is 12.9. The van der Waals surface area contributed by atoms with Gasteiger partial charge < -0.3 is 19.5 Å². The summed E-state index contributed by atoms with van der Waals surface area (Å²) in [5, 5.41) is 2.77. The maximum atomic E-state index is 12.2. The smallest absolute Gasteiger partial charge is 0.275 e. The normalized spacial score (nSPS) is 17.0. The molecular weight excluding hydrogens is 308 g/mol. The molecule has 0 aromatic heterocycles. The van der Waals surface area contributed by atoms with Crippen LogP contribution in [0.2, 0.25) is 0 Å². The van der Waals surface area contributed by atoms with Crippen molar-refractivity contribution >= 4 is 17.8 Å². The molecule has 6 heteroatoms. The largest absolute Gasteiger partial charge is 0.496 e. The third kappa shape index (κ3) is 2.48. The number of ether oxygens (including phenoxy) is 3. The van der Waals surface area contributed by atoms with Crippen LogP contribution >= 0.6 is 0 Å². The molecule has 2 aromatic rings. The van der Waals surface area contributed by atoms with Crippen molar-refractivity contribution in [3.8, 4) is 17.2 Å². The zero-order chi connectivity index (χ0) is 16.5. The molecule has 6 nitrogen and oxygen atoms in total. The molecule has 0 bridgehead atoms. The first kappa shape index (κ1) is 14.3. The van der Waals surface area contributed by atoms with Crippen molar-refractivity contribution in [1.29, 1.82) is 0 Å². The van der Waals surface area contributed by atoms with Gasteiger partial charge in [0.15, 0.2) is 11.5 Å². The van der Waals surface area contributed by atoms with Crippen LogP contribution in [0.1, 0.15) is 11.1 Å². The predicted octanol–water partition coefficient (Wildman–Crippen LogP) is 2.34. The number of benzene rings is 2. The lowest BCUT2D eigenvalue weighted by atomic mass is 10.1. The number of rotatable bonds is 3. The lowest BCUT2D eigenvalue weighted by Gasteiger charge is -2.06. The van der Waals surface area contributed by atoms with E-state index in [0.717, 1.165) is 11.1 Å². The molecule has 0 saturated heterocycles. The molecule has 24 heavy (non-hydrogen) atoms. The highest BCUT2D eigenvalue weighted by atomic mass is 16.7. The van der Waals surface area contributed by atoms with Crippen molar-refractivity contribution in [2.24, 2.45) is 4.99 Å². The number of amidine groups is 1. The van der Waals surface area contributed by atoms with E-state index in [9.17, 15) is 4.79 Å². The predicted molar refractivity (Wildman–Crippen MR) is 88.2 cm³/mol. The van der Waals surface area contributed by atoms with E-state index in [-0.39, 0.29) is 12.7 Å². The first-order valence-corrected chi connectivity index (χ1v) is 7.39. The summed E-state index contributed by atoms with van der Waals surface area (Å²) in [6.45, 7) is 0.214. The Kier molecular flexibility index (Phi) is 3.42. The zero-order valence-corrected chi connectivity index (χ0v) is 12.9. The maximum absolute atomic E-state index is 12.2. The highest BCUT2D eigenvalue weighted by Crippen LogP contribution is 2.33.